The molecule has 1 aliphatic carbocycles. The molecule has 1 saturated carbocycles. The summed E-state index contributed by atoms with van der Waals surface area (Å²) in [5, 5.41) is 5.46. The van der Waals surface area contributed by atoms with E-state index in [0.29, 0.717) is 10.8 Å². The number of nitrogens with zero attached hydrogens (tertiary/aromatic N) is 2. The van der Waals surface area contributed by atoms with Crippen molar-refractivity contribution in [1.29, 1.82) is 0 Å². The maximum absolute atomic E-state index is 13.1. The Morgan fingerprint density at radius 2 is 1.82 bits per heavy atom. The van der Waals surface area contributed by atoms with Crippen LogP contribution in [0.4, 0.5) is 24.7 Å². The second-order valence-electron chi connectivity index (χ2n) is 7.72. The van der Waals surface area contributed by atoms with E-state index in [1.807, 2.05) is 13.0 Å². The van der Waals surface area contributed by atoms with Gasteiger partial charge in [-0.25, -0.2) is 9.97 Å². The predicted octanol–water partition coefficient (Wildman–Crippen LogP) is 7.04. The third-order valence-corrected chi connectivity index (χ3v) is 6.84. The molecule has 0 spiro atoms. The molecule has 2 heterocycles. The van der Waals surface area contributed by atoms with Crippen molar-refractivity contribution in [2.45, 2.75) is 41.0 Å². The zero-order valence-corrected chi connectivity index (χ0v) is 20.2. The van der Waals surface area contributed by atoms with Gasteiger partial charge in [-0.15, -0.1) is 11.8 Å². The Morgan fingerprint density at radius 3 is 2.44 bits per heavy atom. The number of pyridine rings is 2. The number of alkyl halides is 3. The number of carbonyl (C=O) groups excluding carboxylic acids is 1. The second kappa shape index (κ2) is 10.3. The van der Waals surface area contributed by atoms with Crippen LogP contribution in [0.25, 0.3) is 11.1 Å². The Hall–Kier alpha value is -2.72. The van der Waals surface area contributed by atoms with Crippen LogP contribution >= 0.6 is 23.5 Å². The zero-order chi connectivity index (χ0) is 24.3. The van der Waals surface area contributed by atoms with Gasteiger partial charge < -0.3 is 10.6 Å². The van der Waals surface area contributed by atoms with E-state index in [0.717, 1.165) is 23.1 Å². The van der Waals surface area contributed by atoms with Crippen LogP contribution in [0.5, 0.6) is 0 Å². The number of thioether (sulfide) groups is 2. The zero-order valence-electron chi connectivity index (χ0n) is 18.6. The highest BCUT2D eigenvalue weighted by Crippen LogP contribution is 2.41. The van der Waals surface area contributed by atoms with Crippen LogP contribution in [-0.2, 0) is 0 Å². The number of carbonyl (C=O) groups is 1. The third kappa shape index (κ3) is 6.04. The smallest absolute Gasteiger partial charge is 0.371 e. The minimum atomic E-state index is -4.46. The third-order valence-electron chi connectivity index (χ3n) is 5.24. The molecule has 178 valence electrons. The molecule has 2 N–H and O–H groups in total. The molecule has 10 heteroatoms. The van der Waals surface area contributed by atoms with Gasteiger partial charge in [0.25, 0.3) is 5.91 Å². The first-order valence-corrected chi connectivity index (χ1v) is 12.6. The lowest BCUT2D eigenvalue weighted by molar-refractivity contribution is -0.0328. The van der Waals surface area contributed by atoms with Crippen LogP contribution in [0, 0.1) is 0 Å². The molecule has 1 aliphatic rings. The number of amides is 1. The summed E-state index contributed by atoms with van der Waals surface area (Å²) in [6.07, 6.45) is 5.24. The van der Waals surface area contributed by atoms with Crippen molar-refractivity contribution in [3.8, 4) is 11.1 Å². The SMILES string of the molecule is CCSc1cc(-c2ccc(C3CC3)cc2)cnc1C(=O)Nc1cc(SC(F)(F)F)cnc1NC. The van der Waals surface area contributed by atoms with Crippen molar-refractivity contribution in [2.24, 2.45) is 0 Å². The quantitative estimate of drug-likeness (QED) is 0.321. The molecule has 0 aliphatic heterocycles. The van der Waals surface area contributed by atoms with E-state index in [1.54, 1.807) is 13.2 Å². The second-order valence-corrected chi connectivity index (χ2v) is 10.2. The van der Waals surface area contributed by atoms with E-state index in [4.69, 9.17) is 0 Å². The molecule has 34 heavy (non-hydrogen) atoms. The topological polar surface area (TPSA) is 66.9 Å². The van der Waals surface area contributed by atoms with E-state index in [2.05, 4.69) is 44.9 Å². The molecule has 1 amide bonds. The molecule has 2 aromatic heterocycles. The van der Waals surface area contributed by atoms with Gasteiger partial charge >= 0.3 is 5.51 Å². The molecule has 5 nitrogen and oxygen atoms in total. The number of hydrogen-bond donors (Lipinski definition) is 2. The van der Waals surface area contributed by atoms with Gasteiger partial charge in [0.1, 0.15) is 11.5 Å². The van der Waals surface area contributed by atoms with E-state index in [1.165, 1.54) is 36.2 Å². The Kier molecular flexibility index (Phi) is 7.37. The van der Waals surface area contributed by atoms with E-state index >= 15 is 0 Å². The standard InChI is InChI=1S/C24H23F3N4OS2/c1-3-33-20-10-17(16-8-6-15(7-9-16)14-4-5-14)12-29-21(20)23(32)31-19-11-18(34-24(25,26)27)13-30-22(19)28-2/h6-14H,3-5H2,1-2H3,(H,28,30)(H,31,32). The lowest BCUT2D eigenvalue weighted by atomic mass is 10.0. The van der Waals surface area contributed by atoms with Gasteiger partial charge in [0, 0.05) is 34.8 Å². The van der Waals surface area contributed by atoms with Crippen molar-refractivity contribution in [2.75, 3.05) is 23.4 Å². The van der Waals surface area contributed by atoms with Gasteiger partial charge in [-0.2, -0.15) is 13.2 Å². The summed E-state index contributed by atoms with van der Waals surface area (Å²) in [6, 6.07) is 11.6. The maximum Gasteiger partial charge on any atom is 0.446 e. The molecule has 0 bridgehead atoms. The minimum Gasteiger partial charge on any atom is -0.371 e. The number of rotatable bonds is 8. The molecule has 1 fully saturated rings. The number of aromatic nitrogens is 2. The molecule has 3 aromatic rings. The molecular formula is C24H23F3N4OS2. The number of benzene rings is 1. The van der Waals surface area contributed by atoms with Gasteiger partial charge in [-0.1, -0.05) is 31.2 Å². The number of anilines is 2. The summed E-state index contributed by atoms with van der Waals surface area (Å²) < 4.78 is 38.3. The predicted molar refractivity (Wildman–Crippen MR) is 132 cm³/mol. The summed E-state index contributed by atoms with van der Waals surface area (Å²) >= 11 is 1.19. The van der Waals surface area contributed by atoms with Crippen molar-refractivity contribution in [3.63, 3.8) is 0 Å². The van der Waals surface area contributed by atoms with Crippen molar-refractivity contribution < 1.29 is 18.0 Å². The largest absolute Gasteiger partial charge is 0.446 e. The first-order chi connectivity index (χ1) is 16.3. The number of nitrogens with one attached hydrogen (secondary N) is 2. The van der Waals surface area contributed by atoms with Crippen LogP contribution in [0.15, 0.2) is 58.6 Å². The van der Waals surface area contributed by atoms with Gasteiger partial charge in [-0.3, -0.25) is 4.79 Å². The van der Waals surface area contributed by atoms with Gasteiger partial charge in [0.05, 0.1) is 5.69 Å². The van der Waals surface area contributed by atoms with Crippen LogP contribution in [0.1, 0.15) is 41.7 Å². The Morgan fingerprint density at radius 1 is 1.09 bits per heavy atom. The summed E-state index contributed by atoms with van der Waals surface area (Å²) in [6.45, 7) is 1.98. The Balaban J connectivity index is 1.59. The summed E-state index contributed by atoms with van der Waals surface area (Å²) in [7, 11) is 1.58. The van der Waals surface area contributed by atoms with Crippen LogP contribution in [-0.4, -0.2) is 34.2 Å². The molecule has 0 saturated heterocycles. The summed E-state index contributed by atoms with van der Waals surface area (Å²) in [5.74, 6) is 1.15. The van der Waals surface area contributed by atoms with Gasteiger partial charge in [0.2, 0.25) is 0 Å². The molecule has 0 unspecified atom stereocenters. The van der Waals surface area contributed by atoms with Crippen LogP contribution < -0.4 is 10.6 Å². The van der Waals surface area contributed by atoms with Crippen LogP contribution in [0.2, 0.25) is 0 Å². The summed E-state index contributed by atoms with van der Waals surface area (Å²) in [5.41, 5.74) is -0.840. The molecule has 1 aromatic carbocycles. The Bertz CT molecular complexity index is 1180. The van der Waals surface area contributed by atoms with E-state index in [-0.39, 0.29) is 33.9 Å². The lowest BCUT2D eigenvalue weighted by Gasteiger charge is -2.14. The molecule has 0 radical (unpaired) electrons. The fourth-order valence-electron chi connectivity index (χ4n) is 3.51. The first kappa shape index (κ1) is 24.4. The normalized spacial score (nSPS) is 13.6. The minimum absolute atomic E-state index is 0.122. The Labute approximate surface area is 204 Å². The van der Waals surface area contributed by atoms with Crippen molar-refractivity contribution >= 4 is 40.9 Å². The average Bonchev–Trinajstić information content (AvgIpc) is 3.64. The summed E-state index contributed by atoms with van der Waals surface area (Å²) in [4.78, 5) is 22.1. The lowest BCUT2D eigenvalue weighted by Crippen LogP contribution is -2.16. The van der Waals surface area contributed by atoms with Gasteiger partial charge in [-0.05, 0) is 59.5 Å². The highest BCUT2D eigenvalue weighted by Gasteiger charge is 2.30. The number of hydrogen-bond acceptors (Lipinski definition) is 6. The highest BCUT2D eigenvalue weighted by molar-refractivity contribution is 8.00. The van der Waals surface area contributed by atoms with Crippen molar-refractivity contribution in [3.05, 3.63) is 60.0 Å². The average molecular weight is 505 g/mol. The number of halogens is 3. The van der Waals surface area contributed by atoms with E-state index in [9.17, 15) is 18.0 Å². The van der Waals surface area contributed by atoms with Crippen LogP contribution in [0.3, 0.4) is 0 Å². The van der Waals surface area contributed by atoms with Crippen molar-refractivity contribution in [1.82, 2.24) is 9.97 Å². The molecule has 4 rings (SSSR count). The van der Waals surface area contributed by atoms with E-state index < -0.39 is 11.4 Å². The molecular weight excluding hydrogens is 481 g/mol. The first-order valence-electron chi connectivity index (χ1n) is 10.8. The molecule has 0 atom stereocenters. The fraction of sp³-hybridized carbons (Fsp3) is 0.292. The monoisotopic (exact) mass is 504 g/mol. The van der Waals surface area contributed by atoms with Gasteiger partial charge in [0.15, 0.2) is 0 Å². The highest BCUT2D eigenvalue weighted by atomic mass is 32.2. The maximum atomic E-state index is 13.1. The fourth-order valence-corrected chi connectivity index (χ4v) is 4.87.